The van der Waals surface area contributed by atoms with Gasteiger partial charge in [0.05, 0.1) is 30.5 Å². The van der Waals surface area contributed by atoms with E-state index in [1.54, 1.807) is 14.2 Å². The highest BCUT2D eigenvalue weighted by Crippen LogP contribution is 2.47. The van der Waals surface area contributed by atoms with Gasteiger partial charge in [0, 0.05) is 20.6 Å². The Kier molecular flexibility index (Phi) is 3.63. The van der Waals surface area contributed by atoms with E-state index in [0.717, 1.165) is 12.8 Å². The van der Waals surface area contributed by atoms with Crippen LogP contribution in [0.5, 0.6) is 0 Å². The largest absolute Gasteiger partial charge is 0.381 e. The third-order valence-electron chi connectivity index (χ3n) is 5.33. The lowest BCUT2D eigenvalue weighted by molar-refractivity contribution is -0.0656. The first-order valence-corrected chi connectivity index (χ1v) is 7.21. The standard InChI is InChI=1S/C14H25NO3/c1-16-8-3-4-9-10-5-6-11(17-2)13(15)14(10)18-12(9)7-8/h8-14H,3-7,15H2,1-2H3. The van der Waals surface area contributed by atoms with E-state index in [1.165, 1.54) is 19.3 Å². The zero-order valence-electron chi connectivity index (χ0n) is 11.4. The first-order valence-electron chi connectivity index (χ1n) is 7.21. The van der Waals surface area contributed by atoms with Gasteiger partial charge in [0.1, 0.15) is 0 Å². The van der Waals surface area contributed by atoms with E-state index < -0.39 is 0 Å². The van der Waals surface area contributed by atoms with Crippen molar-refractivity contribution in [2.45, 2.75) is 62.6 Å². The fourth-order valence-electron chi connectivity index (χ4n) is 4.31. The molecule has 18 heavy (non-hydrogen) atoms. The molecular weight excluding hydrogens is 230 g/mol. The Hall–Kier alpha value is -0.160. The quantitative estimate of drug-likeness (QED) is 0.808. The van der Waals surface area contributed by atoms with Gasteiger partial charge in [-0.25, -0.2) is 0 Å². The predicted octanol–water partition coefficient (Wildman–Crippen LogP) is 1.32. The van der Waals surface area contributed by atoms with Gasteiger partial charge in [-0.1, -0.05) is 0 Å². The highest BCUT2D eigenvalue weighted by molar-refractivity contribution is 5.02. The molecular formula is C14H25NO3. The van der Waals surface area contributed by atoms with Crippen molar-refractivity contribution < 1.29 is 14.2 Å². The van der Waals surface area contributed by atoms with Gasteiger partial charge in [-0.3, -0.25) is 0 Å². The van der Waals surface area contributed by atoms with Gasteiger partial charge in [0.25, 0.3) is 0 Å². The second-order valence-corrected chi connectivity index (χ2v) is 6.07. The maximum atomic E-state index is 6.31. The van der Waals surface area contributed by atoms with E-state index in [9.17, 15) is 0 Å². The summed E-state index contributed by atoms with van der Waals surface area (Å²) in [7, 11) is 3.56. The Morgan fingerprint density at radius 2 is 1.78 bits per heavy atom. The summed E-state index contributed by atoms with van der Waals surface area (Å²) in [5.41, 5.74) is 6.31. The van der Waals surface area contributed by atoms with Crippen LogP contribution >= 0.6 is 0 Å². The number of methoxy groups -OCH3 is 2. The summed E-state index contributed by atoms with van der Waals surface area (Å²) >= 11 is 0. The highest BCUT2D eigenvalue weighted by Gasteiger charge is 2.52. The number of rotatable bonds is 2. The van der Waals surface area contributed by atoms with Crippen molar-refractivity contribution in [2.75, 3.05) is 14.2 Å². The Labute approximate surface area is 109 Å². The molecule has 7 unspecified atom stereocenters. The minimum atomic E-state index is 0.0420. The van der Waals surface area contributed by atoms with E-state index in [-0.39, 0.29) is 18.2 Å². The van der Waals surface area contributed by atoms with Crippen LogP contribution in [-0.4, -0.2) is 44.7 Å². The zero-order chi connectivity index (χ0) is 12.7. The number of hydrogen-bond donors (Lipinski definition) is 1. The molecule has 2 aliphatic carbocycles. The van der Waals surface area contributed by atoms with Gasteiger partial charge in [-0.05, 0) is 37.5 Å². The molecule has 1 aliphatic heterocycles. The summed E-state index contributed by atoms with van der Waals surface area (Å²) in [6.45, 7) is 0. The monoisotopic (exact) mass is 255 g/mol. The lowest BCUT2D eigenvalue weighted by Crippen LogP contribution is -2.52. The molecule has 4 nitrogen and oxygen atoms in total. The van der Waals surface area contributed by atoms with E-state index >= 15 is 0 Å². The van der Waals surface area contributed by atoms with E-state index in [4.69, 9.17) is 19.9 Å². The van der Waals surface area contributed by atoms with Crippen molar-refractivity contribution in [1.82, 2.24) is 0 Å². The topological polar surface area (TPSA) is 53.7 Å². The van der Waals surface area contributed by atoms with Crippen molar-refractivity contribution in [3.8, 4) is 0 Å². The van der Waals surface area contributed by atoms with Gasteiger partial charge >= 0.3 is 0 Å². The fourth-order valence-corrected chi connectivity index (χ4v) is 4.31. The van der Waals surface area contributed by atoms with Crippen LogP contribution in [0.25, 0.3) is 0 Å². The Morgan fingerprint density at radius 3 is 2.50 bits per heavy atom. The molecule has 3 fully saturated rings. The summed E-state index contributed by atoms with van der Waals surface area (Å²) in [5.74, 6) is 1.35. The molecule has 7 atom stereocenters. The molecule has 4 heteroatoms. The predicted molar refractivity (Wildman–Crippen MR) is 68.3 cm³/mol. The highest BCUT2D eigenvalue weighted by atomic mass is 16.5. The van der Waals surface area contributed by atoms with Gasteiger partial charge in [-0.2, -0.15) is 0 Å². The maximum Gasteiger partial charge on any atom is 0.0786 e. The molecule has 0 spiro atoms. The third kappa shape index (κ3) is 1.99. The molecule has 3 rings (SSSR count). The van der Waals surface area contributed by atoms with Crippen molar-refractivity contribution in [3.63, 3.8) is 0 Å². The minimum Gasteiger partial charge on any atom is -0.381 e. The lowest BCUT2D eigenvalue weighted by Gasteiger charge is -2.37. The van der Waals surface area contributed by atoms with Gasteiger partial charge in [0.15, 0.2) is 0 Å². The summed E-state index contributed by atoms with van der Waals surface area (Å²) in [6, 6.07) is 0.0420. The van der Waals surface area contributed by atoms with Crippen LogP contribution in [-0.2, 0) is 14.2 Å². The second kappa shape index (κ2) is 5.08. The van der Waals surface area contributed by atoms with Crippen LogP contribution in [0.1, 0.15) is 32.1 Å². The smallest absolute Gasteiger partial charge is 0.0786 e. The summed E-state index contributed by atoms with van der Waals surface area (Å²) in [4.78, 5) is 0. The molecule has 0 aromatic carbocycles. The van der Waals surface area contributed by atoms with Crippen LogP contribution in [0.4, 0.5) is 0 Å². The molecule has 1 heterocycles. The summed E-state index contributed by atoms with van der Waals surface area (Å²) in [6.07, 6.45) is 6.84. The number of nitrogens with two attached hydrogens (primary N) is 1. The van der Waals surface area contributed by atoms with Crippen LogP contribution in [0.3, 0.4) is 0 Å². The normalized spacial score (nSPS) is 51.8. The minimum absolute atomic E-state index is 0.0420. The Bertz CT molecular complexity index is 299. The van der Waals surface area contributed by atoms with Gasteiger partial charge in [0.2, 0.25) is 0 Å². The van der Waals surface area contributed by atoms with Crippen LogP contribution in [0.15, 0.2) is 0 Å². The van der Waals surface area contributed by atoms with E-state index in [2.05, 4.69) is 0 Å². The molecule has 0 aromatic rings. The second-order valence-electron chi connectivity index (χ2n) is 6.07. The van der Waals surface area contributed by atoms with Crippen molar-refractivity contribution in [2.24, 2.45) is 17.6 Å². The number of hydrogen-bond acceptors (Lipinski definition) is 4. The molecule has 2 N–H and O–H groups in total. The maximum absolute atomic E-state index is 6.31. The van der Waals surface area contributed by atoms with Gasteiger partial charge in [-0.15, -0.1) is 0 Å². The Morgan fingerprint density at radius 1 is 1.00 bits per heavy atom. The lowest BCUT2D eigenvalue weighted by atomic mass is 9.71. The molecule has 104 valence electrons. The van der Waals surface area contributed by atoms with Crippen molar-refractivity contribution >= 4 is 0 Å². The number of fused-ring (bicyclic) bond motifs is 3. The SMILES string of the molecule is COC1CCC2C(C1)OC1C(N)C(OC)CCC21. The van der Waals surface area contributed by atoms with Crippen LogP contribution in [0.2, 0.25) is 0 Å². The Balaban J connectivity index is 1.71. The van der Waals surface area contributed by atoms with Crippen molar-refractivity contribution in [1.29, 1.82) is 0 Å². The average Bonchev–Trinajstić information content (AvgIpc) is 2.77. The molecule has 0 amide bonds. The van der Waals surface area contributed by atoms with Crippen molar-refractivity contribution in [3.05, 3.63) is 0 Å². The number of ether oxygens (including phenoxy) is 3. The molecule has 0 radical (unpaired) electrons. The van der Waals surface area contributed by atoms with E-state index in [0.29, 0.717) is 24.0 Å². The summed E-state index contributed by atoms with van der Waals surface area (Å²) in [5, 5.41) is 0. The fraction of sp³-hybridized carbons (Fsp3) is 1.00. The molecule has 2 saturated carbocycles. The van der Waals surface area contributed by atoms with Crippen LogP contribution in [0, 0.1) is 11.8 Å². The first-order chi connectivity index (χ1) is 8.74. The average molecular weight is 255 g/mol. The van der Waals surface area contributed by atoms with E-state index in [1.807, 2.05) is 0 Å². The molecule has 0 aromatic heterocycles. The third-order valence-corrected chi connectivity index (χ3v) is 5.33. The van der Waals surface area contributed by atoms with Crippen LogP contribution < -0.4 is 5.73 Å². The first kappa shape index (κ1) is 12.9. The molecule has 3 aliphatic rings. The molecule has 1 saturated heterocycles. The molecule has 0 bridgehead atoms. The summed E-state index contributed by atoms with van der Waals surface area (Å²) < 4.78 is 17.2. The zero-order valence-corrected chi connectivity index (χ0v) is 11.4. The van der Waals surface area contributed by atoms with Gasteiger partial charge < -0.3 is 19.9 Å².